The van der Waals surface area contributed by atoms with E-state index in [1.807, 2.05) is 0 Å². The molecule has 0 spiro atoms. The minimum atomic E-state index is -3.31. The number of benzene rings is 1. The number of aliphatic hydroxyl groups is 1. The van der Waals surface area contributed by atoms with Crippen LogP contribution < -0.4 is 0 Å². The van der Waals surface area contributed by atoms with E-state index >= 15 is 0 Å². The van der Waals surface area contributed by atoms with Gasteiger partial charge >= 0.3 is 0 Å². The van der Waals surface area contributed by atoms with Gasteiger partial charge in [0.1, 0.15) is 5.82 Å². The number of rotatable bonds is 4. The summed E-state index contributed by atoms with van der Waals surface area (Å²) >= 11 is 5.79. The molecule has 2 atom stereocenters. The average Bonchev–Trinajstić information content (AvgIpc) is 2.19. The minimum absolute atomic E-state index is 0.0767. The van der Waals surface area contributed by atoms with Gasteiger partial charge in [-0.2, -0.15) is 0 Å². The van der Waals surface area contributed by atoms with Gasteiger partial charge in [0.25, 0.3) is 0 Å². The average molecular weight is 281 g/mol. The Kier molecular flexibility index (Phi) is 4.52. The summed E-state index contributed by atoms with van der Waals surface area (Å²) in [4.78, 5) is 0. The van der Waals surface area contributed by atoms with Crippen molar-refractivity contribution in [2.45, 2.75) is 24.7 Å². The van der Waals surface area contributed by atoms with Crippen LogP contribution in [0.5, 0.6) is 0 Å². The summed E-state index contributed by atoms with van der Waals surface area (Å²) in [5, 5.41) is 9.07. The first-order valence-electron chi connectivity index (χ1n) is 5.02. The summed E-state index contributed by atoms with van der Waals surface area (Å²) in [6.45, 7) is 1.43. The number of hydrogen-bond acceptors (Lipinski definition) is 3. The molecule has 0 saturated heterocycles. The van der Waals surface area contributed by atoms with Gasteiger partial charge in [-0.25, -0.2) is 12.8 Å². The number of sulfone groups is 1. The van der Waals surface area contributed by atoms with Crippen molar-refractivity contribution in [3.63, 3.8) is 0 Å². The molecule has 1 aromatic carbocycles. The molecular weight excluding hydrogens is 267 g/mol. The molecule has 0 fully saturated rings. The molecule has 0 bridgehead atoms. The highest BCUT2D eigenvalue weighted by atomic mass is 35.5. The van der Waals surface area contributed by atoms with Crippen LogP contribution >= 0.6 is 11.6 Å². The highest BCUT2D eigenvalue weighted by Gasteiger charge is 2.24. The van der Waals surface area contributed by atoms with Crippen molar-refractivity contribution in [1.82, 2.24) is 0 Å². The molecule has 0 radical (unpaired) electrons. The first-order valence-corrected chi connectivity index (χ1v) is 7.36. The van der Waals surface area contributed by atoms with E-state index in [4.69, 9.17) is 11.6 Å². The predicted octanol–water partition coefficient (Wildman–Crippen LogP) is 1.82. The Morgan fingerprint density at radius 1 is 1.47 bits per heavy atom. The second kappa shape index (κ2) is 5.33. The van der Waals surface area contributed by atoms with E-state index in [-0.39, 0.29) is 11.4 Å². The lowest BCUT2D eigenvalue weighted by Crippen LogP contribution is -2.32. The summed E-state index contributed by atoms with van der Waals surface area (Å²) in [6, 6.07) is 3.80. The summed E-state index contributed by atoms with van der Waals surface area (Å²) in [6.07, 6.45) is 0.0773. The van der Waals surface area contributed by atoms with Gasteiger partial charge in [0, 0.05) is 17.7 Å². The summed E-state index contributed by atoms with van der Waals surface area (Å²) in [5.74, 6) is -0.468. The molecule has 0 aromatic heterocycles. The number of halogens is 2. The smallest absolute Gasteiger partial charge is 0.152 e. The van der Waals surface area contributed by atoms with Gasteiger partial charge in [-0.1, -0.05) is 17.7 Å². The maximum Gasteiger partial charge on any atom is 0.152 e. The quantitative estimate of drug-likeness (QED) is 0.915. The second-order valence-electron chi connectivity index (χ2n) is 4.04. The Morgan fingerprint density at radius 3 is 2.53 bits per heavy atom. The molecule has 3 nitrogen and oxygen atoms in total. The second-order valence-corrected chi connectivity index (χ2v) is 6.85. The Morgan fingerprint density at radius 2 is 2.06 bits per heavy atom. The third kappa shape index (κ3) is 3.94. The van der Waals surface area contributed by atoms with Crippen LogP contribution in [0.25, 0.3) is 0 Å². The lowest BCUT2D eigenvalue weighted by Gasteiger charge is -2.17. The van der Waals surface area contributed by atoms with Gasteiger partial charge in [-0.15, -0.1) is 0 Å². The zero-order valence-electron chi connectivity index (χ0n) is 9.52. The fourth-order valence-electron chi connectivity index (χ4n) is 1.36. The molecular formula is C11H14ClFO3S. The molecule has 1 rings (SSSR count). The molecule has 0 amide bonds. The normalized spacial score (nSPS) is 15.6. The SMILES string of the molecule is CC(C(O)Cc1ccc(F)cc1Cl)S(C)(=O)=O. The molecule has 0 aliphatic rings. The lowest BCUT2D eigenvalue weighted by atomic mass is 10.1. The van der Waals surface area contributed by atoms with Crippen molar-refractivity contribution < 1.29 is 17.9 Å². The van der Waals surface area contributed by atoms with E-state index in [2.05, 4.69) is 0 Å². The Balaban J connectivity index is 2.85. The Bertz CT molecular complexity index is 501. The fourth-order valence-corrected chi connectivity index (χ4v) is 2.28. The lowest BCUT2D eigenvalue weighted by molar-refractivity contribution is 0.173. The maximum absolute atomic E-state index is 12.8. The van der Waals surface area contributed by atoms with Crippen LogP contribution in [-0.4, -0.2) is 31.1 Å². The van der Waals surface area contributed by atoms with Gasteiger partial charge in [0.15, 0.2) is 9.84 Å². The van der Waals surface area contributed by atoms with Crippen LogP contribution in [0.1, 0.15) is 12.5 Å². The molecule has 0 heterocycles. The van der Waals surface area contributed by atoms with Gasteiger partial charge in [-0.3, -0.25) is 0 Å². The summed E-state index contributed by atoms with van der Waals surface area (Å²) < 4.78 is 35.3. The number of hydrogen-bond donors (Lipinski definition) is 1. The maximum atomic E-state index is 12.8. The fraction of sp³-hybridized carbons (Fsp3) is 0.455. The topological polar surface area (TPSA) is 54.4 Å². The zero-order chi connectivity index (χ0) is 13.2. The van der Waals surface area contributed by atoms with Crippen molar-refractivity contribution in [1.29, 1.82) is 0 Å². The monoisotopic (exact) mass is 280 g/mol. The van der Waals surface area contributed by atoms with Crippen molar-refractivity contribution in [3.8, 4) is 0 Å². The van der Waals surface area contributed by atoms with Crippen molar-refractivity contribution in [2.75, 3.05) is 6.26 Å². The molecule has 96 valence electrons. The molecule has 0 saturated carbocycles. The molecule has 1 aromatic rings. The summed E-state index contributed by atoms with van der Waals surface area (Å²) in [7, 11) is -3.31. The Labute approximate surface area is 105 Å². The summed E-state index contributed by atoms with van der Waals surface area (Å²) in [5.41, 5.74) is 0.524. The third-order valence-corrected chi connectivity index (χ3v) is 4.68. The van der Waals surface area contributed by atoms with E-state index in [1.54, 1.807) is 0 Å². The van der Waals surface area contributed by atoms with Crippen LogP contribution in [0.15, 0.2) is 18.2 Å². The van der Waals surface area contributed by atoms with Crippen molar-refractivity contribution >= 4 is 21.4 Å². The molecule has 17 heavy (non-hydrogen) atoms. The van der Waals surface area contributed by atoms with Crippen LogP contribution in [0.3, 0.4) is 0 Å². The first kappa shape index (κ1) is 14.4. The van der Waals surface area contributed by atoms with Crippen molar-refractivity contribution in [2.24, 2.45) is 0 Å². The largest absolute Gasteiger partial charge is 0.391 e. The standard InChI is InChI=1S/C11H14ClFO3S/c1-7(17(2,15)16)11(14)5-8-3-4-9(13)6-10(8)12/h3-4,6-7,11,14H,5H2,1-2H3. The van der Waals surface area contributed by atoms with Crippen molar-refractivity contribution in [3.05, 3.63) is 34.6 Å². The molecule has 0 aliphatic carbocycles. The predicted molar refractivity (Wildman–Crippen MR) is 65.4 cm³/mol. The van der Waals surface area contributed by atoms with Crippen LogP contribution in [0.4, 0.5) is 4.39 Å². The van der Waals surface area contributed by atoms with Gasteiger partial charge in [-0.05, 0) is 24.6 Å². The van der Waals surface area contributed by atoms with Crippen LogP contribution in [-0.2, 0) is 16.3 Å². The van der Waals surface area contributed by atoms with E-state index in [0.29, 0.717) is 5.56 Å². The van der Waals surface area contributed by atoms with Crippen LogP contribution in [0, 0.1) is 5.82 Å². The molecule has 6 heteroatoms. The van der Waals surface area contributed by atoms with E-state index in [1.165, 1.54) is 19.1 Å². The Hall–Kier alpha value is -0.650. The van der Waals surface area contributed by atoms with Crippen LogP contribution in [0.2, 0.25) is 5.02 Å². The van der Waals surface area contributed by atoms with Gasteiger partial charge in [0.05, 0.1) is 11.4 Å². The number of aliphatic hydroxyl groups excluding tert-OH is 1. The first-order chi connectivity index (χ1) is 7.71. The van der Waals surface area contributed by atoms with Gasteiger partial charge < -0.3 is 5.11 Å². The third-order valence-electron chi connectivity index (χ3n) is 2.66. The zero-order valence-corrected chi connectivity index (χ0v) is 11.1. The molecule has 2 unspecified atom stereocenters. The highest BCUT2D eigenvalue weighted by Crippen LogP contribution is 2.20. The van der Waals surface area contributed by atoms with E-state index in [0.717, 1.165) is 12.3 Å². The van der Waals surface area contributed by atoms with Gasteiger partial charge in [0.2, 0.25) is 0 Å². The molecule has 0 aliphatic heterocycles. The minimum Gasteiger partial charge on any atom is -0.391 e. The highest BCUT2D eigenvalue weighted by molar-refractivity contribution is 7.91. The van der Waals surface area contributed by atoms with E-state index < -0.39 is 27.0 Å². The molecule has 1 N–H and O–H groups in total. The van der Waals surface area contributed by atoms with E-state index in [9.17, 15) is 17.9 Å².